The van der Waals surface area contributed by atoms with Gasteiger partial charge < -0.3 is 26.0 Å². The molecule has 0 unspecified atom stereocenters. The number of nitrogens with zero attached hydrogens (tertiary/aromatic N) is 1. The van der Waals surface area contributed by atoms with Crippen LogP contribution in [0, 0.1) is 11.8 Å². The normalized spacial score (nSPS) is 20.8. The first kappa shape index (κ1) is 26.0. The molecule has 0 bridgehead atoms. The molecule has 2 fully saturated rings. The van der Waals surface area contributed by atoms with Crippen molar-refractivity contribution in [1.29, 1.82) is 0 Å². The number of carbonyl (C=O) groups excluding carboxylic acids is 3. The number of carboxylic acid groups (broad SMARTS) is 1. The standard InChI is InChI=1S/C24H33ClN4O5/c1-24(23(33)34,27-21(31)17-5-7-19(25)8-6-17)28-22(32)18-3-2-14-29(15-18)20(30)9-4-16-10-12-26-13-11-16/h5-8,16,18,26H,2-4,9-15H2,1H3,(H,27,31)(H,28,32)(H,33,34)/t18-,24+/m1/s1. The van der Waals surface area contributed by atoms with E-state index in [4.69, 9.17) is 11.6 Å². The molecule has 2 aliphatic rings. The lowest BCUT2D eigenvalue weighted by atomic mass is 9.92. The fourth-order valence-corrected chi connectivity index (χ4v) is 4.59. The van der Waals surface area contributed by atoms with E-state index in [1.54, 1.807) is 4.90 Å². The molecule has 3 amide bonds. The van der Waals surface area contributed by atoms with Crippen LogP contribution >= 0.6 is 11.6 Å². The quantitative estimate of drug-likeness (QED) is 0.411. The summed E-state index contributed by atoms with van der Waals surface area (Å²) >= 11 is 5.83. The number of carboxylic acids is 1. The average Bonchev–Trinajstić information content (AvgIpc) is 2.83. The fraction of sp³-hybridized carbons (Fsp3) is 0.583. The summed E-state index contributed by atoms with van der Waals surface area (Å²) in [5.41, 5.74) is -1.79. The van der Waals surface area contributed by atoms with Crippen molar-refractivity contribution in [2.45, 2.75) is 51.1 Å². The molecule has 3 rings (SSSR count). The van der Waals surface area contributed by atoms with Crippen LogP contribution in [0.4, 0.5) is 0 Å². The first-order valence-corrected chi connectivity index (χ1v) is 12.2. The van der Waals surface area contributed by atoms with Crippen molar-refractivity contribution in [3.8, 4) is 0 Å². The number of hydrogen-bond acceptors (Lipinski definition) is 5. The Morgan fingerprint density at radius 3 is 2.44 bits per heavy atom. The summed E-state index contributed by atoms with van der Waals surface area (Å²) in [6, 6.07) is 5.98. The minimum absolute atomic E-state index is 0.0353. The first-order chi connectivity index (χ1) is 16.2. The van der Waals surface area contributed by atoms with Crippen molar-refractivity contribution in [2.75, 3.05) is 26.2 Å². The highest BCUT2D eigenvalue weighted by Crippen LogP contribution is 2.22. The lowest BCUT2D eigenvalue weighted by molar-refractivity contribution is -0.149. The number of hydrogen-bond donors (Lipinski definition) is 4. The van der Waals surface area contributed by atoms with E-state index in [0.717, 1.165) is 32.4 Å². The minimum atomic E-state index is -2.00. The molecule has 186 valence electrons. The summed E-state index contributed by atoms with van der Waals surface area (Å²) in [4.78, 5) is 51.9. The van der Waals surface area contributed by atoms with E-state index in [1.807, 2.05) is 0 Å². The van der Waals surface area contributed by atoms with Crippen LogP contribution in [-0.4, -0.2) is 65.5 Å². The Hall–Kier alpha value is -2.65. The molecule has 2 atom stereocenters. The van der Waals surface area contributed by atoms with Crippen LogP contribution in [0.25, 0.3) is 0 Å². The minimum Gasteiger partial charge on any atom is -0.478 e. The summed E-state index contributed by atoms with van der Waals surface area (Å²) in [6.45, 7) is 4.05. The molecule has 34 heavy (non-hydrogen) atoms. The Kier molecular flexibility index (Phi) is 8.90. The predicted molar refractivity (Wildman–Crippen MR) is 127 cm³/mol. The molecule has 1 aromatic rings. The van der Waals surface area contributed by atoms with Gasteiger partial charge in [-0.1, -0.05) is 11.6 Å². The SMILES string of the molecule is C[C@](NC(=O)c1ccc(Cl)cc1)(NC(=O)[C@@H]1CCCN(C(=O)CCC2CCNCC2)C1)C(=O)O. The van der Waals surface area contributed by atoms with Gasteiger partial charge in [0.25, 0.3) is 5.91 Å². The fourth-order valence-electron chi connectivity index (χ4n) is 4.46. The molecule has 2 saturated heterocycles. The maximum atomic E-state index is 13.0. The number of piperidine rings is 2. The van der Waals surface area contributed by atoms with Crippen LogP contribution in [0.5, 0.6) is 0 Å². The molecule has 0 aromatic heterocycles. The lowest BCUT2D eigenvalue weighted by Gasteiger charge is -2.35. The monoisotopic (exact) mass is 492 g/mol. The molecule has 1 aromatic carbocycles. The van der Waals surface area contributed by atoms with Crippen molar-refractivity contribution >= 4 is 35.3 Å². The summed E-state index contributed by atoms with van der Waals surface area (Å²) in [5, 5.41) is 18.4. The number of carbonyl (C=O) groups is 4. The van der Waals surface area contributed by atoms with E-state index in [2.05, 4.69) is 16.0 Å². The van der Waals surface area contributed by atoms with E-state index in [9.17, 15) is 24.3 Å². The van der Waals surface area contributed by atoms with Crippen molar-refractivity contribution in [3.63, 3.8) is 0 Å². The second kappa shape index (κ2) is 11.7. The van der Waals surface area contributed by atoms with Gasteiger partial charge in [0.1, 0.15) is 0 Å². The smallest absolute Gasteiger partial charge is 0.350 e. The number of aliphatic carboxylic acids is 1. The Morgan fingerprint density at radius 2 is 1.79 bits per heavy atom. The number of nitrogens with one attached hydrogen (secondary N) is 3. The first-order valence-electron chi connectivity index (χ1n) is 11.8. The van der Waals surface area contributed by atoms with Crippen LogP contribution < -0.4 is 16.0 Å². The maximum absolute atomic E-state index is 13.0. The highest BCUT2D eigenvalue weighted by Gasteiger charge is 2.39. The molecular formula is C24H33ClN4O5. The summed E-state index contributed by atoms with van der Waals surface area (Å²) in [6.07, 6.45) is 4.68. The number of benzene rings is 1. The zero-order valence-electron chi connectivity index (χ0n) is 19.4. The van der Waals surface area contributed by atoms with Gasteiger partial charge in [-0.2, -0.15) is 0 Å². The van der Waals surface area contributed by atoms with Gasteiger partial charge in [-0.3, -0.25) is 14.4 Å². The molecule has 9 nitrogen and oxygen atoms in total. The van der Waals surface area contributed by atoms with Crippen molar-refractivity contribution in [2.24, 2.45) is 11.8 Å². The molecule has 0 aliphatic carbocycles. The molecule has 0 radical (unpaired) electrons. The topological polar surface area (TPSA) is 128 Å². The van der Waals surface area contributed by atoms with Crippen LogP contribution in [0.2, 0.25) is 5.02 Å². The highest BCUT2D eigenvalue weighted by molar-refractivity contribution is 6.30. The predicted octanol–water partition coefficient (Wildman–Crippen LogP) is 2.01. The molecule has 4 N–H and O–H groups in total. The van der Waals surface area contributed by atoms with Gasteiger partial charge in [0.05, 0.1) is 5.92 Å². The Bertz CT molecular complexity index is 903. The van der Waals surface area contributed by atoms with E-state index < -0.39 is 29.4 Å². The van der Waals surface area contributed by atoms with Crippen LogP contribution in [0.1, 0.15) is 55.8 Å². The maximum Gasteiger partial charge on any atom is 0.350 e. The summed E-state index contributed by atoms with van der Waals surface area (Å²) in [7, 11) is 0. The van der Waals surface area contributed by atoms with E-state index in [-0.39, 0.29) is 18.0 Å². The van der Waals surface area contributed by atoms with Gasteiger partial charge in [-0.05, 0) is 82.3 Å². The Morgan fingerprint density at radius 1 is 1.12 bits per heavy atom. The van der Waals surface area contributed by atoms with Gasteiger partial charge in [0.15, 0.2) is 0 Å². The molecule has 2 aliphatic heterocycles. The van der Waals surface area contributed by atoms with Gasteiger partial charge >= 0.3 is 5.97 Å². The zero-order valence-corrected chi connectivity index (χ0v) is 20.2. The molecule has 0 saturated carbocycles. The van der Waals surface area contributed by atoms with E-state index >= 15 is 0 Å². The summed E-state index contributed by atoms with van der Waals surface area (Å²) < 4.78 is 0. The second-order valence-corrected chi connectivity index (χ2v) is 9.73. The van der Waals surface area contributed by atoms with Gasteiger partial charge in [-0.15, -0.1) is 0 Å². The lowest BCUT2D eigenvalue weighted by Crippen LogP contribution is -2.65. The number of halogens is 1. The molecule has 0 spiro atoms. The number of rotatable bonds is 8. The van der Waals surface area contributed by atoms with Gasteiger partial charge in [0, 0.05) is 30.1 Å². The third kappa shape index (κ3) is 6.93. The summed E-state index contributed by atoms with van der Waals surface area (Å²) in [5.74, 6) is -2.50. The van der Waals surface area contributed by atoms with Gasteiger partial charge in [0.2, 0.25) is 17.5 Å². The molecule has 2 heterocycles. The van der Waals surface area contributed by atoms with Crippen LogP contribution in [-0.2, 0) is 14.4 Å². The number of likely N-dealkylation sites (tertiary alicyclic amines) is 1. The van der Waals surface area contributed by atoms with Gasteiger partial charge in [-0.25, -0.2) is 4.79 Å². The van der Waals surface area contributed by atoms with Crippen LogP contribution in [0.15, 0.2) is 24.3 Å². The van der Waals surface area contributed by atoms with Crippen molar-refractivity contribution in [1.82, 2.24) is 20.9 Å². The highest BCUT2D eigenvalue weighted by atomic mass is 35.5. The van der Waals surface area contributed by atoms with Crippen LogP contribution in [0.3, 0.4) is 0 Å². The average molecular weight is 493 g/mol. The van der Waals surface area contributed by atoms with E-state index in [0.29, 0.717) is 36.7 Å². The van der Waals surface area contributed by atoms with Crippen molar-refractivity contribution in [3.05, 3.63) is 34.9 Å². The molecular weight excluding hydrogens is 460 g/mol. The molecule has 10 heteroatoms. The van der Waals surface area contributed by atoms with Crippen molar-refractivity contribution < 1.29 is 24.3 Å². The Labute approximate surface area is 204 Å². The third-order valence-corrected chi connectivity index (χ3v) is 6.89. The van der Waals surface area contributed by atoms with E-state index in [1.165, 1.54) is 31.2 Å². The number of amides is 3. The third-order valence-electron chi connectivity index (χ3n) is 6.64. The largest absolute Gasteiger partial charge is 0.478 e. The Balaban J connectivity index is 1.56. The second-order valence-electron chi connectivity index (χ2n) is 9.29. The zero-order chi connectivity index (χ0) is 24.7.